The lowest BCUT2D eigenvalue weighted by Crippen LogP contribution is -2.12. The minimum absolute atomic E-state index is 0.105. The monoisotopic (exact) mass is 488 g/mol. The molecule has 1 fully saturated rings. The number of rotatable bonds is 7. The number of H-pyrrole nitrogens is 1. The molecule has 6 rings (SSSR count). The number of hydrogen-bond donors (Lipinski definition) is 3. The van der Waals surface area contributed by atoms with Gasteiger partial charge in [0.15, 0.2) is 11.5 Å². The van der Waals surface area contributed by atoms with Crippen LogP contribution in [0.5, 0.6) is 0 Å². The van der Waals surface area contributed by atoms with Crippen molar-refractivity contribution in [3.8, 4) is 11.3 Å². The lowest BCUT2D eigenvalue weighted by molar-refractivity contribution is -0.117. The Hall–Kier alpha value is -3.70. The number of benzene rings is 1. The predicted octanol–water partition coefficient (Wildman–Crippen LogP) is 5.13. The minimum atomic E-state index is 0.105. The zero-order valence-corrected chi connectivity index (χ0v) is 19.8. The number of nitrogens with zero attached hydrogens (tertiary/aromatic N) is 5. The molecule has 0 radical (unpaired) electrons. The summed E-state index contributed by atoms with van der Waals surface area (Å²) in [6.45, 7) is 1.96. The van der Waals surface area contributed by atoms with Crippen LogP contribution in [0.3, 0.4) is 0 Å². The molecule has 34 heavy (non-hydrogen) atoms. The molecule has 0 aliphatic heterocycles. The van der Waals surface area contributed by atoms with E-state index in [-0.39, 0.29) is 11.8 Å². The van der Waals surface area contributed by atoms with Crippen molar-refractivity contribution in [2.24, 2.45) is 5.92 Å². The maximum absolute atomic E-state index is 12.0. The molecule has 170 valence electrons. The van der Waals surface area contributed by atoms with Crippen LogP contribution in [0.2, 0.25) is 0 Å². The highest BCUT2D eigenvalue weighted by Gasteiger charge is 2.29. The maximum atomic E-state index is 12.0. The van der Waals surface area contributed by atoms with Crippen LogP contribution in [-0.4, -0.2) is 34.8 Å². The van der Waals surface area contributed by atoms with Gasteiger partial charge < -0.3 is 10.6 Å². The van der Waals surface area contributed by atoms with Gasteiger partial charge in [-0.15, -0.1) is 0 Å². The fourth-order valence-corrected chi connectivity index (χ4v) is 5.03. The highest BCUT2D eigenvalue weighted by atomic mass is 32.2. The molecule has 1 saturated carbocycles. The molecule has 0 atom stereocenters. The molecule has 0 spiro atoms. The van der Waals surface area contributed by atoms with Crippen LogP contribution in [0.25, 0.3) is 16.9 Å². The summed E-state index contributed by atoms with van der Waals surface area (Å²) in [5.74, 6) is 0.933. The number of carbonyl (C=O) groups excluding carboxylic acids is 1. The first kappa shape index (κ1) is 20.9. The third-order valence-corrected chi connectivity index (χ3v) is 7.14. The van der Waals surface area contributed by atoms with E-state index in [1.807, 2.05) is 60.2 Å². The molecule has 1 aromatic carbocycles. The summed E-state index contributed by atoms with van der Waals surface area (Å²) >= 11 is 2.93. The van der Waals surface area contributed by atoms with Crippen LogP contribution in [0.1, 0.15) is 18.5 Å². The Morgan fingerprint density at radius 1 is 1.24 bits per heavy atom. The molecule has 1 aliphatic rings. The standard InChI is InChI=1S/C23H20N8OS2/c1-13-8-19(34-30-13)28-21-22-24-11-18(15-9-25-26-10-15)31(22)12-20(29-21)33-17-6-4-16(5-7-17)27-23(32)14-2-3-14/h4-12,14H,2-3H2,1H3,(H,25,26)(H,27,32)(H,28,29). The summed E-state index contributed by atoms with van der Waals surface area (Å²) in [4.78, 5) is 22.5. The van der Waals surface area contributed by atoms with Crippen LogP contribution >= 0.6 is 23.3 Å². The van der Waals surface area contributed by atoms with Gasteiger partial charge in [-0.2, -0.15) is 9.47 Å². The van der Waals surface area contributed by atoms with Crippen LogP contribution in [0, 0.1) is 12.8 Å². The number of fused-ring (bicyclic) bond motifs is 1. The van der Waals surface area contributed by atoms with Gasteiger partial charge in [0.1, 0.15) is 10.0 Å². The van der Waals surface area contributed by atoms with E-state index in [2.05, 4.69) is 30.2 Å². The maximum Gasteiger partial charge on any atom is 0.227 e. The number of aromatic nitrogens is 6. The van der Waals surface area contributed by atoms with E-state index in [9.17, 15) is 4.79 Å². The van der Waals surface area contributed by atoms with Gasteiger partial charge in [-0.05, 0) is 61.6 Å². The molecule has 0 bridgehead atoms. The number of nitrogens with one attached hydrogen (secondary N) is 3. The smallest absolute Gasteiger partial charge is 0.227 e. The molecule has 1 aliphatic carbocycles. The topological polar surface area (TPSA) is 113 Å². The van der Waals surface area contributed by atoms with E-state index in [1.165, 1.54) is 23.3 Å². The number of amides is 1. The Morgan fingerprint density at radius 3 is 2.79 bits per heavy atom. The summed E-state index contributed by atoms with van der Waals surface area (Å²) in [5.41, 5.74) is 4.32. The first-order valence-corrected chi connectivity index (χ1v) is 12.4. The lowest BCUT2D eigenvalue weighted by Gasteiger charge is -2.10. The second-order valence-corrected chi connectivity index (χ2v) is 10.00. The van der Waals surface area contributed by atoms with Crippen LogP contribution in [0.15, 0.2) is 65.0 Å². The molecule has 5 aromatic rings. The van der Waals surface area contributed by atoms with E-state index in [0.717, 1.165) is 50.4 Å². The quantitative estimate of drug-likeness (QED) is 0.291. The SMILES string of the molecule is Cc1cc(Nc2nc(Sc3ccc(NC(=O)C4CC4)cc3)cn3c(-c4cn[nH]c4)cnc23)sn1. The second-order valence-electron chi connectivity index (χ2n) is 8.10. The molecule has 1 amide bonds. The fraction of sp³-hybridized carbons (Fsp3) is 0.174. The predicted molar refractivity (Wildman–Crippen MR) is 133 cm³/mol. The normalized spacial score (nSPS) is 13.3. The first-order valence-electron chi connectivity index (χ1n) is 10.8. The van der Waals surface area contributed by atoms with E-state index >= 15 is 0 Å². The van der Waals surface area contributed by atoms with Gasteiger partial charge >= 0.3 is 0 Å². The number of imidazole rings is 1. The van der Waals surface area contributed by atoms with Gasteiger partial charge in [0.25, 0.3) is 0 Å². The van der Waals surface area contributed by atoms with Crippen LogP contribution < -0.4 is 10.6 Å². The fourth-order valence-electron chi connectivity index (χ4n) is 3.56. The average molecular weight is 489 g/mol. The largest absolute Gasteiger partial charge is 0.328 e. The van der Waals surface area contributed by atoms with Crippen molar-refractivity contribution in [3.63, 3.8) is 0 Å². The molecule has 3 N–H and O–H groups in total. The molecule has 0 saturated heterocycles. The Labute approximate surface area is 203 Å². The molecular weight excluding hydrogens is 468 g/mol. The Bertz CT molecular complexity index is 1470. The van der Waals surface area contributed by atoms with Gasteiger partial charge in [0.05, 0.1) is 23.8 Å². The van der Waals surface area contributed by atoms with Gasteiger partial charge in [-0.1, -0.05) is 11.8 Å². The van der Waals surface area contributed by atoms with E-state index in [0.29, 0.717) is 11.5 Å². The Morgan fingerprint density at radius 2 is 2.09 bits per heavy atom. The van der Waals surface area contributed by atoms with E-state index in [4.69, 9.17) is 4.98 Å². The van der Waals surface area contributed by atoms with Crippen molar-refractivity contribution in [3.05, 3.63) is 60.8 Å². The molecule has 11 heteroatoms. The van der Waals surface area contributed by atoms with Crippen LogP contribution in [0.4, 0.5) is 16.5 Å². The minimum Gasteiger partial charge on any atom is -0.328 e. The molecule has 9 nitrogen and oxygen atoms in total. The summed E-state index contributed by atoms with van der Waals surface area (Å²) in [5, 5.41) is 15.0. The average Bonchev–Trinajstić information content (AvgIpc) is 3.16. The Balaban J connectivity index is 1.33. The third kappa shape index (κ3) is 4.27. The van der Waals surface area contributed by atoms with Crippen molar-refractivity contribution in [1.29, 1.82) is 0 Å². The summed E-state index contributed by atoms with van der Waals surface area (Å²) in [6, 6.07) is 9.81. The molecule has 4 aromatic heterocycles. The number of anilines is 3. The van der Waals surface area contributed by atoms with Crippen molar-refractivity contribution < 1.29 is 4.79 Å². The van der Waals surface area contributed by atoms with Gasteiger partial charge in [-0.25, -0.2) is 9.97 Å². The lowest BCUT2D eigenvalue weighted by atomic mass is 10.3. The first-order chi connectivity index (χ1) is 16.6. The van der Waals surface area contributed by atoms with Gasteiger partial charge in [0, 0.05) is 34.5 Å². The molecular formula is C23H20N8OS2. The zero-order valence-electron chi connectivity index (χ0n) is 18.1. The second kappa shape index (κ2) is 8.58. The number of carbonyl (C=O) groups is 1. The van der Waals surface area contributed by atoms with Crippen molar-refractivity contribution in [1.82, 2.24) is 28.9 Å². The summed E-state index contributed by atoms with van der Waals surface area (Å²) < 4.78 is 6.36. The summed E-state index contributed by atoms with van der Waals surface area (Å²) in [7, 11) is 0. The Kier molecular flexibility index (Phi) is 5.27. The highest BCUT2D eigenvalue weighted by molar-refractivity contribution is 7.99. The van der Waals surface area contributed by atoms with Crippen LogP contribution in [-0.2, 0) is 4.79 Å². The van der Waals surface area contributed by atoms with Crippen molar-refractivity contribution >= 4 is 51.4 Å². The molecule has 4 heterocycles. The van der Waals surface area contributed by atoms with Gasteiger partial charge in [0.2, 0.25) is 5.91 Å². The van der Waals surface area contributed by atoms with E-state index < -0.39 is 0 Å². The zero-order chi connectivity index (χ0) is 23.1. The number of aryl methyl sites for hydroxylation is 1. The number of aromatic amines is 1. The highest BCUT2D eigenvalue weighted by Crippen LogP contribution is 2.34. The van der Waals surface area contributed by atoms with Crippen molar-refractivity contribution in [2.75, 3.05) is 10.6 Å². The van der Waals surface area contributed by atoms with Gasteiger partial charge in [-0.3, -0.25) is 14.3 Å². The van der Waals surface area contributed by atoms with E-state index in [1.54, 1.807) is 6.20 Å². The summed E-state index contributed by atoms with van der Waals surface area (Å²) in [6.07, 6.45) is 9.37. The molecule has 0 unspecified atom stereocenters. The third-order valence-electron chi connectivity index (χ3n) is 5.43. The number of hydrogen-bond acceptors (Lipinski definition) is 8. The van der Waals surface area contributed by atoms with Crippen molar-refractivity contribution in [2.45, 2.75) is 29.7 Å².